The van der Waals surface area contributed by atoms with E-state index in [1.165, 1.54) is 11.8 Å². The first kappa shape index (κ1) is 20.1. The summed E-state index contributed by atoms with van der Waals surface area (Å²) in [6.45, 7) is 10.4. The molecule has 7 heteroatoms. The van der Waals surface area contributed by atoms with Crippen molar-refractivity contribution in [2.45, 2.75) is 43.6 Å². The molecular formula is C20H25BrN4OS. The lowest BCUT2D eigenvalue weighted by Gasteiger charge is -2.31. The minimum Gasteiger partial charge on any atom is -0.342 e. The number of carbonyl (C=O) groups excluding carboxylic acids is 1. The van der Waals surface area contributed by atoms with Crippen LogP contribution in [0.4, 0.5) is 0 Å². The van der Waals surface area contributed by atoms with Gasteiger partial charge in [0.15, 0.2) is 11.0 Å². The van der Waals surface area contributed by atoms with Crippen molar-refractivity contribution in [1.82, 2.24) is 19.7 Å². The molecule has 1 aliphatic heterocycles. The number of nitrogens with zero attached hydrogens (tertiary/aromatic N) is 4. The van der Waals surface area contributed by atoms with Crippen LogP contribution in [0.25, 0.3) is 11.4 Å². The van der Waals surface area contributed by atoms with E-state index in [0.717, 1.165) is 46.9 Å². The van der Waals surface area contributed by atoms with E-state index in [-0.39, 0.29) is 11.2 Å². The Bertz CT molecular complexity index is 797. The molecular weight excluding hydrogens is 424 g/mol. The quantitative estimate of drug-likeness (QED) is 0.477. The zero-order chi connectivity index (χ0) is 19.4. The molecule has 2 aromatic rings. The van der Waals surface area contributed by atoms with Gasteiger partial charge in [-0.15, -0.1) is 16.8 Å². The monoisotopic (exact) mass is 448 g/mol. The van der Waals surface area contributed by atoms with Crippen LogP contribution in [0.3, 0.4) is 0 Å². The molecule has 27 heavy (non-hydrogen) atoms. The SMILES string of the molecule is C=CCn1c(SC(C)C(=O)N2CCC(C)CC2)nnc1-c1ccc(Br)cc1. The Morgan fingerprint density at radius 1 is 1.33 bits per heavy atom. The first-order valence-corrected chi connectivity index (χ1v) is 10.9. The van der Waals surface area contributed by atoms with Crippen LogP contribution in [0, 0.1) is 5.92 Å². The fourth-order valence-electron chi connectivity index (χ4n) is 3.18. The van der Waals surface area contributed by atoms with Crippen molar-refractivity contribution in [3.63, 3.8) is 0 Å². The van der Waals surface area contributed by atoms with E-state index in [2.05, 4.69) is 39.6 Å². The largest absolute Gasteiger partial charge is 0.342 e. The number of allylic oxidation sites excluding steroid dienone is 1. The molecule has 2 heterocycles. The van der Waals surface area contributed by atoms with Gasteiger partial charge >= 0.3 is 0 Å². The Kier molecular flexibility index (Phi) is 6.76. The molecule has 0 radical (unpaired) electrons. The highest BCUT2D eigenvalue weighted by molar-refractivity contribution is 9.10. The molecule has 1 aromatic heterocycles. The minimum atomic E-state index is -0.191. The van der Waals surface area contributed by atoms with E-state index in [0.29, 0.717) is 12.5 Å². The molecule has 1 amide bonds. The Hall–Kier alpha value is -1.60. The number of rotatable bonds is 6. The lowest BCUT2D eigenvalue weighted by molar-refractivity contribution is -0.131. The number of thioether (sulfide) groups is 1. The molecule has 144 valence electrons. The lowest BCUT2D eigenvalue weighted by Crippen LogP contribution is -2.41. The molecule has 0 aliphatic carbocycles. The highest BCUT2D eigenvalue weighted by Gasteiger charge is 2.27. The van der Waals surface area contributed by atoms with Crippen LogP contribution in [0.15, 0.2) is 46.5 Å². The van der Waals surface area contributed by atoms with Crippen molar-refractivity contribution in [1.29, 1.82) is 0 Å². The lowest BCUT2D eigenvalue weighted by atomic mass is 9.99. The Morgan fingerprint density at radius 3 is 2.63 bits per heavy atom. The maximum atomic E-state index is 12.8. The van der Waals surface area contributed by atoms with Crippen molar-refractivity contribution in [3.8, 4) is 11.4 Å². The van der Waals surface area contributed by atoms with Crippen LogP contribution < -0.4 is 0 Å². The second-order valence-electron chi connectivity index (χ2n) is 6.98. The standard InChI is InChI=1S/C20H25BrN4OS/c1-4-11-25-18(16-5-7-17(21)8-6-16)22-23-20(25)27-15(3)19(26)24-12-9-14(2)10-13-24/h4-8,14-15H,1,9-13H2,2-3H3. The molecule has 0 saturated carbocycles. The van der Waals surface area contributed by atoms with Gasteiger partial charge in [-0.25, -0.2) is 0 Å². The van der Waals surface area contributed by atoms with Crippen molar-refractivity contribution < 1.29 is 4.79 Å². The van der Waals surface area contributed by atoms with Gasteiger partial charge in [0.25, 0.3) is 0 Å². The second kappa shape index (κ2) is 9.06. The summed E-state index contributed by atoms with van der Waals surface area (Å²) in [6.07, 6.45) is 4.00. The van der Waals surface area contributed by atoms with Gasteiger partial charge in [-0.1, -0.05) is 52.8 Å². The summed E-state index contributed by atoms with van der Waals surface area (Å²) in [5.41, 5.74) is 0.989. The minimum absolute atomic E-state index is 0.185. The Labute approximate surface area is 173 Å². The van der Waals surface area contributed by atoms with Gasteiger partial charge < -0.3 is 4.90 Å². The van der Waals surface area contributed by atoms with E-state index in [1.54, 1.807) is 0 Å². The molecule has 1 fully saturated rings. The maximum Gasteiger partial charge on any atom is 0.235 e. The number of likely N-dealkylation sites (tertiary alicyclic amines) is 1. The molecule has 0 bridgehead atoms. The van der Waals surface area contributed by atoms with Gasteiger partial charge in [0, 0.05) is 29.7 Å². The number of carbonyl (C=O) groups is 1. The van der Waals surface area contributed by atoms with Gasteiger partial charge in [-0.3, -0.25) is 9.36 Å². The average Bonchev–Trinajstić information content (AvgIpc) is 3.05. The normalized spacial score (nSPS) is 16.3. The summed E-state index contributed by atoms with van der Waals surface area (Å²) in [7, 11) is 0. The average molecular weight is 449 g/mol. The first-order chi connectivity index (χ1) is 13.0. The summed E-state index contributed by atoms with van der Waals surface area (Å²) >= 11 is 4.93. The number of hydrogen-bond donors (Lipinski definition) is 0. The van der Waals surface area contributed by atoms with Crippen molar-refractivity contribution >= 4 is 33.6 Å². The molecule has 1 unspecified atom stereocenters. The van der Waals surface area contributed by atoms with Crippen molar-refractivity contribution in [2.75, 3.05) is 13.1 Å². The summed E-state index contributed by atoms with van der Waals surface area (Å²) in [6, 6.07) is 7.98. The van der Waals surface area contributed by atoms with E-state index in [4.69, 9.17) is 0 Å². The predicted molar refractivity (Wildman–Crippen MR) is 114 cm³/mol. The Morgan fingerprint density at radius 2 is 2.00 bits per heavy atom. The van der Waals surface area contributed by atoms with Gasteiger partial charge in [-0.2, -0.15) is 0 Å². The molecule has 3 rings (SSSR count). The van der Waals surface area contributed by atoms with E-state index in [9.17, 15) is 4.79 Å². The highest BCUT2D eigenvalue weighted by atomic mass is 79.9. The van der Waals surface area contributed by atoms with Crippen molar-refractivity contribution in [3.05, 3.63) is 41.4 Å². The predicted octanol–water partition coefficient (Wildman–Crippen LogP) is 4.63. The van der Waals surface area contributed by atoms with E-state index in [1.807, 2.05) is 46.7 Å². The van der Waals surface area contributed by atoms with E-state index >= 15 is 0 Å². The number of aromatic nitrogens is 3. The van der Waals surface area contributed by atoms with Gasteiger partial charge in [0.1, 0.15) is 0 Å². The third-order valence-corrected chi connectivity index (χ3v) is 6.45. The molecule has 1 atom stereocenters. The highest BCUT2D eigenvalue weighted by Crippen LogP contribution is 2.29. The topological polar surface area (TPSA) is 51.0 Å². The maximum absolute atomic E-state index is 12.8. The van der Waals surface area contributed by atoms with Crippen LogP contribution in [0.2, 0.25) is 0 Å². The van der Waals surface area contributed by atoms with Crippen LogP contribution in [0.5, 0.6) is 0 Å². The fourth-order valence-corrected chi connectivity index (χ4v) is 4.38. The number of halogens is 1. The second-order valence-corrected chi connectivity index (χ2v) is 9.20. The first-order valence-electron chi connectivity index (χ1n) is 9.25. The number of benzene rings is 1. The van der Waals surface area contributed by atoms with Gasteiger partial charge in [-0.05, 0) is 37.8 Å². The molecule has 0 spiro atoms. The van der Waals surface area contributed by atoms with Crippen molar-refractivity contribution in [2.24, 2.45) is 5.92 Å². The zero-order valence-electron chi connectivity index (χ0n) is 15.8. The molecule has 1 saturated heterocycles. The number of hydrogen-bond acceptors (Lipinski definition) is 4. The molecule has 1 aliphatic rings. The molecule has 0 N–H and O–H groups in total. The Balaban J connectivity index is 1.77. The fraction of sp³-hybridized carbons (Fsp3) is 0.450. The van der Waals surface area contributed by atoms with Crippen LogP contribution in [-0.4, -0.2) is 43.9 Å². The summed E-state index contributed by atoms with van der Waals surface area (Å²) < 4.78 is 3.04. The van der Waals surface area contributed by atoms with Crippen LogP contribution in [0.1, 0.15) is 26.7 Å². The number of amides is 1. The van der Waals surface area contributed by atoms with Crippen LogP contribution in [-0.2, 0) is 11.3 Å². The zero-order valence-corrected chi connectivity index (χ0v) is 18.2. The smallest absolute Gasteiger partial charge is 0.235 e. The molecule has 1 aromatic carbocycles. The molecule has 5 nitrogen and oxygen atoms in total. The summed E-state index contributed by atoms with van der Waals surface area (Å²) in [5.74, 6) is 1.68. The summed E-state index contributed by atoms with van der Waals surface area (Å²) in [4.78, 5) is 14.8. The third kappa shape index (κ3) is 4.82. The third-order valence-electron chi connectivity index (χ3n) is 4.86. The van der Waals surface area contributed by atoms with E-state index < -0.39 is 0 Å². The van der Waals surface area contributed by atoms with Gasteiger partial charge in [0.05, 0.1) is 5.25 Å². The van der Waals surface area contributed by atoms with Crippen LogP contribution >= 0.6 is 27.7 Å². The summed E-state index contributed by atoms with van der Waals surface area (Å²) in [5, 5.41) is 9.29. The van der Waals surface area contributed by atoms with Gasteiger partial charge in [0.2, 0.25) is 5.91 Å². The number of piperidine rings is 1.